The van der Waals surface area contributed by atoms with E-state index in [-0.39, 0.29) is 0 Å². The van der Waals surface area contributed by atoms with Gasteiger partial charge in [0.05, 0.1) is 5.69 Å². The van der Waals surface area contributed by atoms with Crippen molar-refractivity contribution in [1.29, 1.82) is 0 Å². The molecule has 0 amide bonds. The molecule has 0 saturated heterocycles. The predicted molar refractivity (Wildman–Crippen MR) is 218 cm³/mol. The minimum Gasteiger partial charge on any atom is -0.456 e. The molecule has 2 nitrogen and oxygen atoms in total. The fourth-order valence-electron chi connectivity index (χ4n) is 7.04. The highest BCUT2D eigenvalue weighted by atomic mass is 16.3. The van der Waals surface area contributed by atoms with Gasteiger partial charge in [-0.1, -0.05) is 152 Å². The summed E-state index contributed by atoms with van der Waals surface area (Å²) in [5, 5.41) is 1.09. The summed E-state index contributed by atoms with van der Waals surface area (Å²) in [6.45, 7) is 0. The Bertz CT molecular complexity index is 2440. The maximum atomic E-state index is 6.44. The summed E-state index contributed by atoms with van der Waals surface area (Å²) in [5.74, 6) is 0.838. The van der Waals surface area contributed by atoms with E-state index in [1.165, 1.54) is 44.5 Å². The van der Waals surface area contributed by atoms with Gasteiger partial charge in [0, 0.05) is 22.3 Å². The minimum atomic E-state index is 0.838. The van der Waals surface area contributed by atoms with Crippen LogP contribution in [0, 0.1) is 0 Å². The summed E-state index contributed by atoms with van der Waals surface area (Å²) in [6.07, 6.45) is 0. The first-order valence-electron chi connectivity index (χ1n) is 17.7. The number of benzene rings is 8. The van der Waals surface area contributed by atoms with Crippen LogP contribution in [-0.2, 0) is 0 Å². The number of fused-ring (bicyclic) bond motifs is 1. The van der Waals surface area contributed by atoms with Crippen LogP contribution in [0.2, 0.25) is 0 Å². The van der Waals surface area contributed by atoms with Crippen molar-refractivity contribution in [3.63, 3.8) is 0 Å². The zero-order valence-electron chi connectivity index (χ0n) is 28.6. The summed E-state index contributed by atoms with van der Waals surface area (Å²) in [5.41, 5.74) is 14.6. The Morgan fingerprint density at radius 1 is 0.308 bits per heavy atom. The number of para-hydroxylation sites is 2. The van der Waals surface area contributed by atoms with Crippen molar-refractivity contribution in [3.8, 4) is 55.8 Å². The lowest BCUT2D eigenvalue weighted by Crippen LogP contribution is -2.11. The van der Waals surface area contributed by atoms with Crippen molar-refractivity contribution >= 4 is 28.0 Å². The molecule has 0 spiro atoms. The van der Waals surface area contributed by atoms with Crippen LogP contribution >= 0.6 is 0 Å². The lowest BCUT2D eigenvalue weighted by atomic mass is 9.98. The Morgan fingerprint density at radius 3 is 1.25 bits per heavy atom. The lowest BCUT2D eigenvalue weighted by molar-refractivity contribution is 0.631. The van der Waals surface area contributed by atoms with Gasteiger partial charge in [-0.05, 0) is 105 Å². The fourth-order valence-corrected chi connectivity index (χ4v) is 7.04. The molecule has 0 saturated carbocycles. The smallest absolute Gasteiger partial charge is 0.137 e. The topological polar surface area (TPSA) is 16.4 Å². The highest BCUT2D eigenvalue weighted by Gasteiger charge is 2.19. The lowest BCUT2D eigenvalue weighted by Gasteiger charge is -2.27. The number of hydrogen-bond donors (Lipinski definition) is 0. The van der Waals surface area contributed by atoms with Crippen LogP contribution in [0.5, 0.6) is 0 Å². The fraction of sp³-hybridized carbons (Fsp3) is 0. The maximum Gasteiger partial charge on any atom is 0.137 e. The van der Waals surface area contributed by atoms with Gasteiger partial charge in [-0.3, -0.25) is 0 Å². The highest BCUT2D eigenvalue weighted by molar-refractivity contribution is 5.91. The second-order valence-electron chi connectivity index (χ2n) is 13.0. The molecule has 2 heteroatoms. The van der Waals surface area contributed by atoms with Crippen LogP contribution in [0.1, 0.15) is 0 Å². The normalized spacial score (nSPS) is 11.1. The molecule has 0 N–H and O–H groups in total. The van der Waals surface area contributed by atoms with E-state index in [2.05, 4.69) is 199 Å². The van der Waals surface area contributed by atoms with Gasteiger partial charge in [-0.2, -0.15) is 0 Å². The van der Waals surface area contributed by atoms with E-state index in [0.717, 1.165) is 39.4 Å². The van der Waals surface area contributed by atoms with Gasteiger partial charge in [0.25, 0.3) is 0 Å². The maximum absolute atomic E-state index is 6.44. The van der Waals surface area contributed by atoms with E-state index >= 15 is 0 Å². The molecular weight excluding hydrogens is 631 g/mol. The molecule has 8 aromatic carbocycles. The summed E-state index contributed by atoms with van der Waals surface area (Å²) < 4.78 is 6.44. The van der Waals surface area contributed by atoms with Crippen molar-refractivity contribution in [2.45, 2.75) is 0 Å². The number of hydrogen-bond acceptors (Lipinski definition) is 2. The van der Waals surface area contributed by atoms with E-state index in [1.807, 2.05) is 18.2 Å². The largest absolute Gasteiger partial charge is 0.456 e. The van der Waals surface area contributed by atoms with Gasteiger partial charge >= 0.3 is 0 Å². The molecule has 0 aliphatic rings. The Kier molecular flexibility index (Phi) is 8.24. The standard InChI is InChI=1S/C50H35NO/c1-3-13-36(14-4-1)40-18-11-20-42(33-40)38-25-29-45(30-26-38)51(48-23-9-8-22-47(48)50-35-44-17-7-10-24-49(44)52-50)46-31-27-39(28-32-46)43-21-12-19-41(34-43)37-15-5-2-6-16-37/h1-35H. The third-order valence-electron chi connectivity index (χ3n) is 9.69. The summed E-state index contributed by atoms with van der Waals surface area (Å²) in [7, 11) is 0. The Balaban J connectivity index is 1.12. The molecule has 1 heterocycles. The van der Waals surface area contributed by atoms with Crippen molar-refractivity contribution in [2.75, 3.05) is 4.90 Å². The average Bonchev–Trinajstić information content (AvgIpc) is 3.67. The second kappa shape index (κ2) is 13.8. The average molecular weight is 666 g/mol. The zero-order valence-corrected chi connectivity index (χ0v) is 28.6. The Hall–Kier alpha value is -6.90. The SMILES string of the molecule is c1ccc(-c2cccc(-c3ccc(N(c4ccc(-c5cccc(-c6ccccc6)c5)cc4)c4ccccc4-c4cc5ccccc5o4)cc3)c2)cc1. The molecule has 0 bridgehead atoms. The van der Waals surface area contributed by atoms with E-state index in [4.69, 9.17) is 4.42 Å². The Morgan fingerprint density at radius 2 is 0.731 bits per heavy atom. The molecule has 0 aliphatic heterocycles. The van der Waals surface area contributed by atoms with Crippen molar-refractivity contribution in [1.82, 2.24) is 0 Å². The number of rotatable bonds is 8. The van der Waals surface area contributed by atoms with Crippen molar-refractivity contribution < 1.29 is 4.42 Å². The van der Waals surface area contributed by atoms with Crippen LogP contribution in [0.3, 0.4) is 0 Å². The van der Waals surface area contributed by atoms with E-state index in [1.54, 1.807) is 0 Å². The first-order valence-corrected chi connectivity index (χ1v) is 17.7. The molecule has 246 valence electrons. The van der Waals surface area contributed by atoms with Crippen LogP contribution < -0.4 is 4.90 Å². The monoisotopic (exact) mass is 665 g/mol. The first kappa shape index (κ1) is 31.1. The van der Waals surface area contributed by atoms with Gasteiger partial charge in [-0.15, -0.1) is 0 Å². The van der Waals surface area contributed by atoms with Crippen LogP contribution in [0.4, 0.5) is 17.1 Å². The highest BCUT2D eigenvalue weighted by Crippen LogP contribution is 2.43. The summed E-state index contributed by atoms with van der Waals surface area (Å²) in [4.78, 5) is 2.33. The van der Waals surface area contributed by atoms with Crippen LogP contribution in [0.15, 0.2) is 217 Å². The van der Waals surface area contributed by atoms with Gasteiger partial charge in [0.1, 0.15) is 11.3 Å². The molecule has 0 fully saturated rings. The summed E-state index contributed by atoms with van der Waals surface area (Å²) >= 11 is 0. The first-order chi connectivity index (χ1) is 25.8. The van der Waals surface area contributed by atoms with Crippen LogP contribution in [-0.4, -0.2) is 0 Å². The molecular formula is C50H35NO. The van der Waals surface area contributed by atoms with Gasteiger partial charge < -0.3 is 9.32 Å². The number of furan rings is 1. The quantitative estimate of drug-likeness (QED) is 0.161. The summed E-state index contributed by atoms with van der Waals surface area (Å²) in [6, 6.07) is 75.2. The van der Waals surface area contributed by atoms with Gasteiger partial charge in [0.2, 0.25) is 0 Å². The molecule has 9 aromatic rings. The Labute approximate surface area is 304 Å². The van der Waals surface area contributed by atoms with E-state index in [0.29, 0.717) is 0 Å². The van der Waals surface area contributed by atoms with Gasteiger partial charge in [0.15, 0.2) is 0 Å². The molecule has 0 unspecified atom stereocenters. The van der Waals surface area contributed by atoms with Crippen LogP contribution in [0.25, 0.3) is 66.8 Å². The zero-order chi connectivity index (χ0) is 34.7. The van der Waals surface area contributed by atoms with E-state index in [9.17, 15) is 0 Å². The minimum absolute atomic E-state index is 0.838. The number of nitrogens with zero attached hydrogens (tertiary/aromatic N) is 1. The third kappa shape index (κ3) is 6.19. The van der Waals surface area contributed by atoms with Crippen molar-refractivity contribution in [2.24, 2.45) is 0 Å². The molecule has 0 radical (unpaired) electrons. The second-order valence-corrected chi connectivity index (χ2v) is 13.0. The molecule has 0 aliphatic carbocycles. The third-order valence-corrected chi connectivity index (χ3v) is 9.69. The van der Waals surface area contributed by atoms with Gasteiger partial charge in [-0.25, -0.2) is 0 Å². The molecule has 52 heavy (non-hydrogen) atoms. The molecule has 0 atom stereocenters. The van der Waals surface area contributed by atoms with Crippen molar-refractivity contribution in [3.05, 3.63) is 212 Å². The number of anilines is 3. The predicted octanol–water partition coefficient (Wildman–Crippen LogP) is 14.2. The molecule has 1 aromatic heterocycles. The van der Waals surface area contributed by atoms with E-state index < -0.39 is 0 Å². The molecule has 9 rings (SSSR count).